The second-order valence-electron chi connectivity index (χ2n) is 5.09. The number of halogens is 1. The monoisotopic (exact) mass is 315 g/mol. The van der Waals surface area contributed by atoms with E-state index in [0.717, 1.165) is 0 Å². The summed E-state index contributed by atoms with van der Waals surface area (Å²) in [4.78, 5) is 29.0. The van der Waals surface area contributed by atoms with E-state index in [-0.39, 0.29) is 17.9 Å². The molecular formula is C15H10FN3O2S. The maximum Gasteiger partial charge on any atom is 0.279 e. The van der Waals surface area contributed by atoms with Crippen LogP contribution in [0.25, 0.3) is 4.96 Å². The minimum Gasteiger partial charge on any atom is -0.311 e. The Morgan fingerprint density at radius 3 is 3.05 bits per heavy atom. The summed E-state index contributed by atoms with van der Waals surface area (Å²) >= 11 is 1.32. The Labute approximate surface area is 128 Å². The molecule has 3 heterocycles. The number of carbonyl (C=O) groups is 1. The van der Waals surface area contributed by atoms with E-state index in [1.54, 1.807) is 28.1 Å². The number of hydrogen-bond donors (Lipinski definition) is 1. The Morgan fingerprint density at radius 1 is 1.36 bits per heavy atom. The first-order valence-electron chi connectivity index (χ1n) is 6.68. The zero-order valence-electron chi connectivity index (χ0n) is 11.2. The molecule has 2 aromatic heterocycles. The molecule has 0 fully saturated rings. The molecule has 3 aromatic rings. The van der Waals surface area contributed by atoms with Gasteiger partial charge < -0.3 is 5.32 Å². The second kappa shape index (κ2) is 4.74. The molecule has 0 unspecified atom stereocenters. The fraction of sp³-hybridized carbons (Fsp3) is 0.133. The first-order chi connectivity index (χ1) is 10.6. The summed E-state index contributed by atoms with van der Waals surface area (Å²) in [7, 11) is 0. The average molecular weight is 315 g/mol. The van der Waals surface area contributed by atoms with E-state index in [2.05, 4.69) is 10.3 Å². The number of nitrogens with one attached hydrogen (secondary N) is 1. The summed E-state index contributed by atoms with van der Waals surface area (Å²) in [6, 6.07) is 5.98. The largest absolute Gasteiger partial charge is 0.311 e. The molecule has 7 heteroatoms. The zero-order chi connectivity index (χ0) is 15.3. The summed E-state index contributed by atoms with van der Waals surface area (Å²) in [5.41, 5.74) is 0.623. The lowest BCUT2D eigenvalue weighted by molar-refractivity contribution is -0.116. The maximum absolute atomic E-state index is 13.5. The molecule has 1 aromatic carbocycles. The number of carbonyl (C=O) groups excluding carboxylic acids is 1. The van der Waals surface area contributed by atoms with Gasteiger partial charge in [0.25, 0.3) is 5.56 Å². The number of rotatable bonds is 1. The van der Waals surface area contributed by atoms with Crippen LogP contribution in [-0.2, 0) is 4.79 Å². The Balaban J connectivity index is 2.01. The van der Waals surface area contributed by atoms with Crippen molar-refractivity contribution in [1.29, 1.82) is 0 Å². The summed E-state index contributed by atoms with van der Waals surface area (Å²) in [6.45, 7) is 0. The first kappa shape index (κ1) is 13.1. The summed E-state index contributed by atoms with van der Waals surface area (Å²) in [6.07, 6.45) is 1.85. The molecule has 0 spiro atoms. The van der Waals surface area contributed by atoms with Crippen LogP contribution in [0.5, 0.6) is 0 Å². The number of thiazole rings is 1. The molecule has 22 heavy (non-hydrogen) atoms. The molecule has 1 aliphatic heterocycles. The van der Waals surface area contributed by atoms with Gasteiger partial charge in [0.2, 0.25) is 5.91 Å². The van der Waals surface area contributed by atoms with Gasteiger partial charge in [-0.1, -0.05) is 12.1 Å². The molecule has 0 bridgehead atoms. The SMILES string of the molecule is O=C1C[C@H](c2cccc(F)c2)c2c(n3ccsc3nc2=O)N1. The minimum atomic E-state index is -0.490. The molecule has 5 nitrogen and oxygen atoms in total. The van der Waals surface area contributed by atoms with Crippen molar-refractivity contribution in [2.24, 2.45) is 0 Å². The third kappa shape index (κ3) is 1.93. The van der Waals surface area contributed by atoms with Gasteiger partial charge in [0, 0.05) is 23.9 Å². The number of amides is 1. The molecule has 0 saturated carbocycles. The number of anilines is 1. The van der Waals surface area contributed by atoms with Crippen LogP contribution in [0.15, 0.2) is 40.6 Å². The van der Waals surface area contributed by atoms with E-state index >= 15 is 0 Å². The fourth-order valence-electron chi connectivity index (χ4n) is 2.82. The van der Waals surface area contributed by atoms with Crippen molar-refractivity contribution in [3.63, 3.8) is 0 Å². The van der Waals surface area contributed by atoms with Crippen LogP contribution in [-0.4, -0.2) is 15.3 Å². The normalized spacial score (nSPS) is 17.3. The van der Waals surface area contributed by atoms with Gasteiger partial charge >= 0.3 is 0 Å². The predicted octanol–water partition coefficient (Wildman–Crippen LogP) is 2.37. The van der Waals surface area contributed by atoms with Crippen molar-refractivity contribution in [2.45, 2.75) is 12.3 Å². The lowest BCUT2D eigenvalue weighted by Gasteiger charge is -2.25. The van der Waals surface area contributed by atoms with Crippen LogP contribution < -0.4 is 10.9 Å². The lowest BCUT2D eigenvalue weighted by atomic mass is 9.87. The summed E-state index contributed by atoms with van der Waals surface area (Å²) < 4.78 is 15.2. The molecule has 0 radical (unpaired) electrons. The smallest absolute Gasteiger partial charge is 0.279 e. The Kier molecular flexibility index (Phi) is 2.83. The van der Waals surface area contributed by atoms with E-state index < -0.39 is 11.7 Å². The van der Waals surface area contributed by atoms with Crippen molar-refractivity contribution < 1.29 is 9.18 Å². The number of nitrogens with zero attached hydrogens (tertiary/aromatic N) is 2. The van der Waals surface area contributed by atoms with Crippen molar-refractivity contribution in [3.8, 4) is 0 Å². The van der Waals surface area contributed by atoms with Gasteiger partial charge in [0.15, 0.2) is 4.96 Å². The van der Waals surface area contributed by atoms with Crippen LogP contribution in [0.2, 0.25) is 0 Å². The molecule has 4 rings (SSSR count). The quantitative estimate of drug-likeness (QED) is 0.750. The predicted molar refractivity (Wildman–Crippen MR) is 80.8 cm³/mol. The molecule has 1 aliphatic rings. The van der Waals surface area contributed by atoms with Gasteiger partial charge in [-0.25, -0.2) is 4.39 Å². The van der Waals surface area contributed by atoms with Gasteiger partial charge in [0.1, 0.15) is 11.6 Å². The molecule has 1 amide bonds. The van der Waals surface area contributed by atoms with Gasteiger partial charge in [-0.15, -0.1) is 11.3 Å². The van der Waals surface area contributed by atoms with Crippen LogP contribution in [0.1, 0.15) is 23.5 Å². The average Bonchev–Trinajstić information content (AvgIpc) is 2.94. The Hall–Kier alpha value is -2.54. The van der Waals surface area contributed by atoms with Crippen LogP contribution >= 0.6 is 11.3 Å². The van der Waals surface area contributed by atoms with Crippen molar-refractivity contribution >= 4 is 28.0 Å². The van der Waals surface area contributed by atoms with E-state index in [1.807, 2.05) is 0 Å². The highest BCUT2D eigenvalue weighted by Gasteiger charge is 2.31. The van der Waals surface area contributed by atoms with E-state index in [4.69, 9.17) is 0 Å². The Morgan fingerprint density at radius 2 is 2.23 bits per heavy atom. The van der Waals surface area contributed by atoms with Gasteiger partial charge in [0.05, 0.1) is 5.56 Å². The van der Waals surface area contributed by atoms with Gasteiger partial charge in [-0.3, -0.25) is 14.0 Å². The van der Waals surface area contributed by atoms with Crippen molar-refractivity contribution in [2.75, 3.05) is 5.32 Å². The lowest BCUT2D eigenvalue weighted by Crippen LogP contribution is -2.31. The van der Waals surface area contributed by atoms with Crippen molar-refractivity contribution in [1.82, 2.24) is 9.38 Å². The summed E-state index contributed by atoms with van der Waals surface area (Å²) in [5.74, 6) is -0.653. The Bertz CT molecular complexity index is 963. The van der Waals surface area contributed by atoms with Gasteiger partial charge in [-0.05, 0) is 17.7 Å². The molecule has 1 atom stereocenters. The second-order valence-corrected chi connectivity index (χ2v) is 5.97. The highest BCUT2D eigenvalue weighted by Crippen LogP contribution is 2.35. The topological polar surface area (TPSA) is 63.5 Å². The van der Waals surface area contributed by atoms with Gasteiger partial charge in [-0.2, -0.15) is 4.98 Å². The minimum absolute atomic E-state index is 0.101. The van der Waals surface area contributed by atoms with E-state index in [9.17, 15) is 14.0 Å². The third-order valence-electron chi connectivity index (χ3n) is 3.76. The fourth-order valence-corrected chi connectivity index (χ4v) is 3.53. The molecule has 110 valence electrons. The van der Waals surface area contributed by atoms with Crippen LogP contribution in [0.4, 0.5) is 10.2 Å². The number of fused-ring (bicyclic) bond motifs is 3. The third-order valence-corrected chi connectivity index (χ3v) is 4.52. The standard InChI is InChI=1S/C15H10FN3O2S/c16-9-3-1-2-8(6-9)10-7-11(20)17-13-12(10)14(21)18-15-19(13)4-5-22-15/h1-6,10H,7H2,(H,17,20)/t10-/m1/s1. The van der Waals surface area contributed by atoms with Crippen LogP contribution in [0.3, 0.4) is 0 Å². The highest BCUT2D eigenvalue weighted by atomic mass is 32.1. The van der Waals surface area contributed by atoms with Crippen LogP contribution in [0, 0.1) is 5.82 Å². The van der Waals surface area contributed by atoms with E-state index in [0.29, 0.717) is 21.9 Å². The number of aromatic nitrogens is 2. The zero-order valence-corrected chi connectivity index (χ0v) is 12.1. The first-order valence-corrected chi connectivity index (χ1v) is 7.56. The summed E-state index contributed by atoms with van der Waals surface area (Å²) in [5, 5.41) is 4.53. The number of hydrogen-bond acceptors (Lipinski definition) is 4. The molecule has 0 saturated heterocycles. The highest BCUT2D eigenvalue weighted by molar-refractivity contribution is 7.15. The maximum atomic E-state index is 13.5. The van der Waals surface area contributed by atoms with E-state index in [1.165, 1.54) is 23.5 Å². The molecule has 0 aliphatic carbocycles. The number of benzene rings is 1. The molecule has 1 N–H and O–H groups in total. The molecular weight excluding hydrogens is 305 g/mol. The van der Waals surface area contributed by atoms with Crippen molar-refractivity contribution in [3.05, 3.63) is 63.1 Å².